The molecular formula is C21H34IN3O2. The van der Waals surface area contributed by atoms with Crippen LogP contribution in [0.5, 0.6) is 5.75 Å². The summed E-state index contributed by atoms with van der Waals surface area (Å²) in [5, 5.41) is 3.49. The van der Waals surface area contributed by atoms with Gasteiger partial charge in [-0.3, -0.25) is 4.99 Å². The normalized spacial score (nSPS) is 17.9. The number of halogens is 1. The van der Waals surface area contributed by atoms with Crippen LogP contribution < -0.4 is 10.1 Å². The van der Waals surface area contributed by atoms with Crippen LogP contribution >= 0.6 is 24.0 Å². The molecule has 152 valence electrons. The molecule has 0 atom stereocenters. The zero-order valence-corrected chi connectivity index (χ0v) is 19.0. The van der Waals surface area contributed by atoms with Crippen molar-refractivity contribution in [3.63, 3.8) is 0 Å². The number of aliphatic imine (C=N–C) groups is 1. The van der Waals surface area contributed by atoms with E-state index in [-0.39, 0.29) is 24.0 Å². The maximum atomic E-state index is 6.01. The number of benzene rings is 1. The minimum Gasteiger partial charge on any atom is -0.493 e. The van der Waals surface area contributed by atoms with E-state index in [2.05, 4.69) is 40.5 Å². The fraction of sp³-hybridized carbons (Fsp3) is 0.667. The molecule has 1 aromatic rings. The van der Waals surface area contributed by atoms with Crippen molar-refractivity contribution in [3.05, 3.63) is 29.8 Å². The van der Waals surface area contributed by atoms with Gasteiger partial charge in [0.2, 0.25) is 0 Å². The average molecular weight is 487 g/mol. The molecular weight excluding hydrogens is 453 g/mol. The van der Waals surface area contributed by atoms with E-state index in [0.29, 0.717) is 0 Å². The van der Waals surface area contributed by atoms with Crippen LogP contribution in [0.25, 0.3) is 0 Å². The first-order valence-corrected chi connectivity index (χ1v) is 9.96. The lowest BCUT2D eigenvalue weighted by Crippen LogP contribution is -2.39. The minimum absolute atomic E-state index is 0. The third-order valence-electron chi connectivity index (χ3n) is 5.37. The summed E-state index contributed by atoms with van der Waals surface area (Å²) in [6, 6.07) is 8.31. The standard InChI is InChI=1S/C21H33N3O2.HI/c1-22-21(24(2)12-9-17-10-13-25-14-11-17)23-15-19-5-3-4-6-20(19)26-16-18-7-8-18;/h3-6,17-18H,7-16H2,1-2H3,(H,22,23);1H. The highest BCUT2D eigenvalue weighted by atomic mass is 127. The van der Waals surface area contributed by atoms with Crippen molar-refractivity contribution < 1.29 is 9.47 Å². The van der Waals surface area contributed by atoms with Gasteiger partial charge in [-0.15, -0.1) is 24.0 Å². The summed E-state index contributed by atoms with van der Waals surface area (Å²) >= 11 is 0. The van der Waals surface area contributed by atoms with E-state index >= 15 is 0 Å². The second-order valence-electron chi connectivity index (χ2n) is 7.53. The lowest BCUT2D eigenvalue weighted by Gasteiger charge is -2.27. The van der Waals surface area contributed by atoms with Crippen LogP contribution in [-0.4, -0.2) is 51.3 Å². The number of hydrogen-bond donors (Lipinski definition) is 1. The fourth-order valence-electron chi connectivity index (χ4n) is 3.36. The van der Waals surface area contributed by atoms with Crippen LogP contribution in [0, 0.1) is 11.8 Å². The maximum absolute atomic E-state index is 6.01. The van der Waals surface area contributed by atoms with E-state index in [1.807, 2.05) is 13.1 Å². The van der Waals surface area contributed by atoms with Gasteiger partial charge in [0.05, 0.1) is 6.61 Å². The molecule has 0 unspecified atom stereocenters. The van der Waals surface area contributed by atoms with Gasteiger partial charge in [-0.2, -0.15) is 0 Å². The van der Waals surface area contributed by atoms with Gasteiger partial charge >= 0.3 is 0 Å². The van der Waals surface area contributed by atoms with Crippen molar-refractivity contribution in [2.75, 3.05) is 40.5 Å². The fourth-order valence-corrected chi connectivity index (χ4v) is 3.36. The highest BCUT2D eigenvalue weighted by Crippen LogP contribution is 2.30. The van der Waals surface area contributed by atoms with Crippen LogP contribution in [0.3, 0.4) is 0 Å². The molecule has 2 fully saturated rings. The van der Waals surface area contributed by atoms with E-state index in [1.165, 1.54) is 37.7 Å². The van der Waals surface area contributed by atoms with E-state index in [9.17, 15) is 0 Å². The Hall–Kier alpha value is -1.02. The highest BCUT2D eigenvalue weighted by molar-refractivity contribution is 14.0. The van der Waals surface area contributed by atoms with Crippen LogP contribution in [0.15, 0.2) is 29.3 Å². The Balaban J connectivity index is 0.00000261. The summed E-state index contributed by atoms with van der Waals surface area (Å²) in [7, 11) is 3.97. The van der Waals surface area contributed by atoms with Crippen molar-refractivity contribution in [2.45, 2.75) is 38.6 Å². The van der Waals surface area contributed by atoms with Crippen molar-refractivity contribution in [2.24, 2.45) is 16.8 Å². The summed E-state index contributed by atoms with van der Waals surface area (Å²) in [6.45, 7) is 4.42. The molecule has 1 aliphatic heterocycles. The second-order valence-corrected chi connectivity index (χ2v) is 7.53. The summed E-state index contributed by atoms with van der Waals surface area (Å²) < 4.78 is 11.5. The summed E-state index contributed by atoms with van der Waals surface area (Å²) in [5.74, 6) is 3.47. The third-order valence-corrected chi connectivity index (χ3v) is 5.37. The summed E-state index contributed by atoms with van der Waals surface area (Å²) in [5.41, 5.74) is 1.19. The van der Waals surface area contributed by atoms with E-state index in [0.717, 1.165) is 56.5 Å². The molecule has 5 nitrogen and oxygen atoms in total. The molecule has 1 aliphatic carbocycles. The van der Waals surface area contributed by atoms with E-state index < -0.39 is 0 Å². The molecule has 1 saturated carbocycles. The Bertz CT molecular complexity index is 587. The quantitative estimate of drug-likeness (QED) is 0.343. The Morgan fingerprint density at radius 2 is 1.93 bits per heavy atom. The Morgan fingerprint density at radius 1 is 1.19 bits per heavy atom. The molecule has 2 aliphatic rings. The second kappa shape index (κ2) is 11.7. The van der Waals surface area contributed by atoms with Gasteiger partial charge < -0.3 is 19.7 Å². The zero-order valence-electron chi connectivity index (χ0n) is 16.7. The number of guanidine groups is 1. The monoisotopic (exact) mass is 487 g/mol. The van der Waals surface area contributed by atoms with Crippen molar-refractivity contribution in [3.8, 4) is 5.75 Å². The number of para-hydroxylation sites is 1. The number of nitrogens with zero attached hydrogens (tertiary/aromatic N) is 2. The van der Waals surface area contributed by atoms with Gasteiger partial charge in [0, 0.05) is 46.0 Å². The predicted molar refractivity (Wildman–Crippen MR) is 121 cm³/mol. The van der Waals surface area contributed by atoms with E-state index in [4.69, 9.17) is 9.47 Å². The van der Waals surface area contributed by atoms with Crippen LogP contribution in [0.2, 0.25) is 0 Å². The molecule has 0 bridgehead atoms. The Labute approximate surface area is 180 Å². The largest absolute Gasteiger partial charge is 0.493 e. The first-order chi connectivity index (χ1) is 12.8. The van der Waals surface area contributed by atoms with Gasteiger partial charge in [0.1, 0.15) is 5.75 Å². The number of hydrogen-bond acceptors (Lipinski definition) is 3. The molecule has 1 heterocycles. The van der Waals surface area contributed by atoms with Gasteiger partial charge in [0.15, 0.2) is 5.96 Å². The van der Waals surface area contributed by atoms with Gasteiger partial charge in [-0.1, -0.05) is 18.2 Å². The Kier molecular flexibility index (Phi) is 9.68. The topological polar surface area (TPSA) is 46.1 Å². The van der Waals surface area contributed by atoms with Crippen molar-refractivity contribution in [1.82, 2.24) is 10.2 Å². The molecule has 3 rings (SSSR count). The third kappa shape index (κ3) is 7.49. The van der Waals surface area contributed by atoms with Crippen molar-refractivity contribution >= 4 is 29.9 Å². The van der Waals surface area contributed by atoms with Crippen LogP contribution in [0.1, 0.15) is 37.7 Å². The number of rotatable bonds is 8. The SMILES string of the molecule is CN=C(NCc1ccccc1OCC1CC1)N(C)CCC1CCOCC1.I. The molecule has 1 N–H and O–H groups in total. The highest BCUT2D eigenvalue weighted by Gasteiger charge is 2.22. The number of nitrogens with one attached hydrogen (secondary N) is 1. The first kappa shape index (κ1) is 22.3. The average Bonchev–Trinajstić information content (AvgIpc) is 3.51. The van der Waals surface area contributed by atoms with Crippen molar-refractivity contribution in [1.29, 1.82) is 0 Å². The molecule has 0 spiro atoms. The molecule has 0 radical (unpaired) electrons. The van der Waals surface area contributed by atoms with E-state index in [1.54, 1.807) is 0 Å². The maximum Gasteiger partial charge on any atom is 0.193 e. The summed E-state index contributed by atoms with van der Waals surface area (Å²) in [4.78, 5) is 6.67. The zero-order chi connectivity index (χ0) is 18.2. The predicted octanol–water partition coefficient (Wildman–Crippen LogP) is 3.92. The summed E-state index contributed by atoms with van der Waals surface area (Å²) in [6.07, 6.45) is 6.19. The van der Waals surface area contributed by atoms with Crippen LogP contribution in [-0.2, 0) is 11.3 Å². The molecule has 27 heavy (non-hydrogen) atoms. The molecule has 6 heteroatoms. The van der Waals surface area contributed by atoms with Gasteiger partial charge in [-0.05, 0) is 50.0 Å². The van der Waals surface area contributed by atoms with Gasteiger partial charge in [-0.25, -0.2) is 0 Å². The van der Waals surface area contributed by atoms with Crippen LogP contribution in [0.4, 0.5) is 0 Å². The van der Waals surface area contributed by atoms with Gasteiger partial charge in [0.25, 0.3) is 0 Å². The molecule has 0 aromatic heterocycles. The molecule has 1 aromatic carbocycles. The lowest BCUT2D eigenvalue weighted by molar-refractivity contribution is 0.0625. The number of ether oxygens (including phenoxy) is 2. The smallest absolute Gasteiger partial charge is 0.193 e. The molecule has 0 amide bonds. The minimum atomic E-state index is 0. The lowest BCUT2D eigenvalue weighted by atomic mass is 9.96. The first-order valence-electron chi connectivity index (χ1n) is 9.96. The molecule has 1 saturated heterocycles. The Morgan fingerprint density at radius 3 is 2.63 bits per heavy atom.